The highest BCUT2D eigenvalue weighted by Crippen LogP contribution is 2.39. The summed E-state index contributed by atoms with van der Waals surface area (Å²) in [4.78, 5) is 33.6. The summed E-state index contributed by atoms with van der Waals surface area (Å²) in [6.07, 6.45) is 0.242. The lowest BCUT2D eigenvalue weighted by Gasteiger charge is -2.43. The molecule has 2 aromatic carbocycles. The smallest absolute Gasteiger partial charge is 0.348 e. The van der Waals surface area contributed by atoms with Crippen molar-refractivity contribution < 1.29 is 40.3 Å². The molecule has 1 fully saturated rings. The summed E-state index contributed by atoms with van der Waals surface area (Å²) in [6, 6.07) is 2.32. The summed E-state index contributed by atoms with van der Waals surface area (Å²) < 4.78 is 95.1. The van der Waals surface area contributed by atoms with Gasteiger partial charge in [-0.15, -0.1) is 0 Å². The standard InChI is InChI=1S/C32H31F7N4O2/c1-19-14-24(33)9-10-26(19)28-18-25(41-29(44)27-8-6-4-5-7-12-40-27)11-13-43(28)30(45)42(3)20(2)21-15-22(31(34,35)36)17-23(16-21)32(37,38)39/h4-10,12,14-17,20,25,28H,11,13,18H2,1-3H3,(H,41,44)/b5-4?,6-4+,7-5+,8-6?,12-7?,27-8?,40-12?,40-27?/t20-,25-,28+/m0/s1. The summed E-state index contributed by atoms with van der Waals surface area (Å²) in [5.74, 6) is -0.942. The SMILES string of the molecule is Cc1cc(F)ccc1[C@H]1C[C@@H](NC(=O)C2=C/C=C/C=C/C=N2)CCN1C(=O)N(C)[C@@H](C)c1cc(C(F)(F)F)cc(C(F)(F)F)c1. The molecule has 4 rings (SSSR count). The van der Waals surface area contributed by atoms with E-state index in [0.717, 1.165) is 4.90 Å². The Labute approximate surface area is 255 Å². The van der Waals surface area contributed by atoms with Gasteiger partial charge in [0.25, 0.3) is 5.91 Å². The maximum absolute atomic E-state index is 14.0. The van der Waals surface area contributed by atoms with Crippen molar-refractivity contribution in [3.8, 4) is 0 Å². The van der Waals surface area contributed by atoms with Crippen molar-refractivity contribution in [2.45, 2.75) is 57.2 Å². The Bertz CT molecular complexity index is 1530. The fraction of sp³-hybridized carbons (Fsp3) is 0.344. The summed E-state index contributed by atoms with van der Waals surface area (Å²) in [6.45, 7) is 3.08. The van der Waals surface area contributed by atoms with E-state index in [0.29, 0.717) is 29.7 Å². The number of carbonyl (C=O) groups excluding carboxylic acids is 2. The van der Waals surface area contributed by atoms with E-state index in [9.17, 15) is 40.3 Å². The van der Waals surface area contributed by atoms with Crippen LogP contribution >= 0.6 is 0 Å². The first kappa shape index (κ1) is 33.5. The predicted octanol–water partition coefficient (Wildman–Crippen LogP) is 7.69. The van der Waals surface area contributed by atoms with Crippen molar-refractivity contribution in [1.82, 2.24) is 15.1 Å². The number of nitrogens with one attached hydrogen (secondary N) is 1. The number of nitrogens with zero attached hydrogens (tertiary/aromatic N) is 3. The van der Waals surface area contributed by atoms with Gasteiger partial charge >= 0.3 is 18.4 Å². The van der Waals surface area contributed by atoms with Gasteiger partial charge in [-0.05, 0) is 85.9 Å². The third kappa shape index (κ3) is 8.00. The number of halogens is 7. The van der Waals surface area contributed by atoms with E-state index in [-0.39, 0.29) is 30.3 Å². The Balaban J connectivity index is 1.62. The molecule has 0 bridgehead atoms. The Morgan fingerprint density at radius 1 is 0.978 bits per heavy atom. The van der Waals surface area contributed by atoms with Crippen LogP contribution in [0.15, 0.2) is 77.5 Å². The maximum Gasteiger partial charge on any atom is 0.416 e. The van der Waals surface area contributed by atoms with Gasteiger partial charge in [0.1, 0.15) is 11.5 Å². The molecule has 6 nitrogen and oxygen atoms in total. The second kappa shape index (κ2) is 13.3. The number of likely N-dealkylation sites (tertiary alicyclic amines) is 1. The zero-order valence-electron chi connectivity index (χ0n) is 24.6. The third-order valence-electron chi connectivity index (χ3n) is 7.87. The number of hydrogen-bond donors (Lipinski definition) is 1. The molecule has 3 amide bonds. The largest absolute Gasteiger partial charge is 0.416 e. The zero-order chi connectivity index (χ0) is 33.1. The first-order chi connectivity index (χ1) is 21.1. The number of alkyl halides is 6. The van der Waals surface area contributed by atoms with Crippen LogP contribution in [0.2, 0.25) is 0 Å². The van der Waals surface area contributed by atoms with Gasteiger partial charge < -0.3 is 15.1 Å². The van der Waals surface area contributed by atoms with E-state index in [1.807, 2.05) is 0 Å². The first-order valence-electron chi connectivity index (χ1n) is 14.0. The molecule has 0 unspecified atom stereocenters. The third-order valence-corrected chi connectivity index (χ3v) is 7.87. The van der Waals surface area contributed by atoms with Crippen molar-refractivity contribution in [3.63, 3.8) is 0 Å². The highest BCUT2D eigenvalue weighted by molar-refractivity contribution is 5.95. The average Bonchev–Trinajstić information content (AvgIpc) is 2.94. The quantitative estimate of drug-likeness (QED) is 0.342. The molecule has 13 heteroatoms. The number of piperidine rings is 1. The van der Waals surface area contributed by atoms with E-state index in [4.69, 9.17) is 0 Å². The number of carbonyl (C=O) groups is 2. The molecular weight excluding hydrogens is 605 g/mol. The molecule has 2 aliphatic rings. The number of rotatable bonds is 5. The summed E-state index contributed by atoms with van der Waals surface area (Å²) in [5, 5.41) is 2.93. The van der Waals surface area contributed by atoms with Crippen LogP contribution in [0.25, 0.3) is 0 Å². The van der Waals surface area contributed by atoms with Crippen molar-refractivity contribution in [2.24, 2.45) is 4.99 Å². The summed E-state index contributed by atoms with van der Waals surface area (Å²) in [5.41, 5.74) is -2.03. The van der Waals surface area contributed by atoms with Crippen LogP contribution in [-0.4, -0.2) is 47.6 Å². The van der Waals surface area contributed by atoms with E-state index in [1.54, 1.807) is 37.3 Å². The Kier molecular flexibility index (Phi) is 9.89. The van der Waals surface area contributed by atoms with Gasteiger partial charge in [-0.25, -0.2) is 9.18 Å². The topological polar surface area (TPSA) is 65.0 Å². The minimum atomic E-state index is -5.04. The molecule has 1 N–H and O–H groups in total. The molecule has 2 aromatic rings. The van der Waals surface area contributed by atoms with Gasteiger partial charge in [0.2, 0.25) is 0 Å². The van der Waals surface area contributed by atoms with E-state index in [2.05, 4.69) is 10.3 Å². The highest BCUT2D eigenvalue weighted by Gasteiger charge is 2.40. The van der Waals surface area contributed by atoms with Crippen LogP contribution in [0.3, 0.4) is 0 Å². The lowest BCUT2D eigenvalue weighted by atomic mass is 9.89. The number of benzene rings is 2. The molecular formula is C32H31F7N4O2. The molecule has 0 aromatic heterocycles. The fourth-order valence-electron chi connectivity index (χ4n) is 5.33. The van der Waals surface area contributed by atoms with Crippen LogP contribution in [0.5, 0.6) is 0 Å². The molecule has 0 aliphatic carbocycles. The zero-order valence-corrected chi connectivity index (χ0v) is 24.6. The molecule has 45 heavy (non-hydrogen) atoms. The summed E-state index contributed by atoms with van der Waals surface area (Å²) >= 11 is 0. The molecule has 240 valence electrons. The molecule has 1 saturated heterocycles. The number of aryl methyl sites for hydroxylation is 1. The van der Waals surface area contributed by atoms with Crippen molar-refractivity contribution in [2.75, 3.05) is 13.6 Å². The Morgan fingerprint density at radius 2 is 1.62 bits per heavy atom. The number of aliphatic imine (C=N–C) groups is 1. The van der Waals surface area contributed by atoms with E-state index >= 15 is 0 Å². The average molecular weight is 637 g/mol. The van der Waals surface area contributed by atoms with Gasteiger partial charge in [0, 0.05) is 25.8 Å². The summed E-state index contributed by atoms with van der Waals surface area (Å²) in [7, 11) is 1.30. The normalized spacial score (nSPS) is 20.8. The molecule has 0 spiro atoms. The minimum Gasteiger partial charge on any atom is -0.348 e. The van der Waals surface area contributed by atoms with Gasteiger partial charge in [0.05, 0.1) is 23.2 Å². The van der Waals surface area contributed by atoms with E-state index < -0.39 is 59.4 Å². The number of hydrogen-bond acceptors (Lipinski definition) is 3. The number of amides is 3. The highest BCUT2D eigenvalue weighted by atomic mass is 19.4. The Hall–Kier alpha value is -4.42. The van der Waals surface area contributed by atoms with Gasteiger partial charge in [-0.1, -0.05) is 24.3 Å². The predicted molar refractivity (Wildman–Crippen MR) is 155 cm³/mol. The molecule has 0 saturated carbocycles. The van der Waals surface area contributed by atoms with E-state index in [1.165, 1.54) is 43.3 Å². The Morgan fingerprint density at radius 3 is 2.24 bits per heavy atom. The van der Waals surface area contributed by atoms with Crippen LogP contribution in [0, 0.1) is 12.7 Å². The second-order valence-corrected chi connectivity index (χ2v) is 10.9. The van der Waals surface area contributed by atoms with Crippen LogP contribution in [0.1, 0.15) is 59.7 Å². The van der Waals surface area contributed by atoms with Crippen molar-refractivity contribution in [3.05, 3.63) is 106 Å². The number of allylic oxidation sites excluding steroid dienone is 5. The minimum absolute atomic E-state index is 0.0371. The molecule has 2 aliphatic heterocycles. The van der Waals surface area contributed by atoms with Crippen LogP contribution < -0.4 is 5.32 Å². The fourth-order valence-corrected chi connectivity index (χ4v) is 5.33. The lowest BCUT2D eigenvalue weighted by molar-refractivity contribution is -0.143. The van der Waals surface area contributed by atoms with Gasteiger partial charge in [0.15, 0.2) is 0 Å². The molecule has 0 radical (unpaired) electrons. The maximum atomic E-state index is 14.0. The van der Waals surface area contributed by atoms with Crippen molar-refractivity contribution >= 4 is 18.2 Å². The van der Waals surface area contributed by atoms with Gasteiger partial charge in [-0.2, -0.15) is 26.3 Å². The van der Waals surface area contributed by atoms with Gasteiger partial charge in [-0.3, -0.25) is 9.79 Å². The van der Waals surface area contributed by atoms with Crippen molar-refractivity contribution in [1.29, 1.82) is 0 Å². The second-order valence-electron chi connectivity index (χ2n) is 10.9. The van der Waals surface area contributed by atoms with Crippen LogP contribution in [-0.2, 0) is 17.1 Å². The first-order valence-corrected chi connectivity index (χ1v) is 14.0. The molecule has 2 heterocycles. The van der Waals surface area contributed by atoms with Crippen LogP contribution in [0.4, 0.5) is 35.5 Å². The lowest BCUT2D eigenvalue weighted by Crippen LogP contribution is -2.51. The molecule has 3 atom stereocenters. The monoisotopic (exact) mass is 636 g/mol. The number of urea groups is 1.